The van der Waals surface area contributed by atoms with Gasteiger partial charge in [-0.2, -0.15) is 0 Å². The molecular weight excluding hydrogens is 230 g/mol. The van der Waals surface area contributed by atoms with Crippen LogP contribution in [-0.2, 0) is 9.59 Å². The smallest absolute Gasteiger partial charge is 0.310 e. The third kappa shape index (κ3) is 3.47. The van der Waals surface area contributed by atoms with Gasteiger partial charge in [0, 0.05) is 13.0 Å². The summed E-state index contributed by atoms with van der Waals surface area (Å²) in [7, 11) is 0. The minimum Gasteiger partial charge on any atom is -0.481 e. The molecule has 0 aliphatic heterocycles. The Morgan fingerprint density at radius 3 is 2.22 bits per heavy atom. The van der Waals surface area contributed by atoms with Gasteiger partial charge in [-0.05, 0) is 31.6 Å². The second-order valence-corrected chi connectivity index (χ2v) is 5.92. The Balaban J connectivity index is 1.90. The van der Waals surface area contributed by atoms with Gasteiger partial charge in [-0.1, -0.05) is 25.7 Å². The van der Waals surface area contributed by atoms with E-state index in [-0.39, 0.29) is 12.3 Å². The number of amides is 1. The highest BCUT2D eigenvalue weighted by molar-refractivity contribution is 5.85. The van der Waals surface area contributed by atoms with E-state index in [1.807, 2.05) is 0 Å². The van der Waals surface area contributed by atoms with Crippen molar-refractivity contribution in [3.63, 3.8) is 0 Å². The molecule has 2 saturated carbocycles. The second kappa shape index (κ2) is 5.72. The van der Waals surface area contributed by atoms with E-state index < -0.39 is 11.4 Å². The van der Waals surface area contributed by atoms with Gasteiger partial charge in [0.25, 0.3) is 0 Å². The zero-order valence-electron chi connectivity index (χ0n) is 10.9. The monoisotopic (exact) mass is 253 g/mol. The fraction of sp³-hybridized carbons (Fsp3) is 0.857. The van der Waals surface area contributed by atoms with Gasteiger partial charge in [-0.15, -0.1) is 0 Å². The van der Waals surface area contributed by atoms with E-state index in [4.69, 9.17) is 0 Å². The summed E-state index contributed by atoms with van der Waals surface area (Å²) in [6, 6.07) is 0. The Hall–Kier alpha value is -1.06. The lowest BCUT2D eigenvalue weighted by Crippen LogP contribution is -2.38. The molecule has 2 aliphatic carbocycles. The van der Waals surface area contributed by atoms with E-state index in [0.29, 0.717) is 18.8 Å². The Bertz CT molecular complexity index is 315. The first-order valence-corrected chi connectivity index (χ1v) is 7.12. The SMILES string of the molecule is O=C(CC1(C(=O)O)CCCCCC1)NCC1CC1. The van der Waals surface area contributed by atoms with Gasteiger partial charge in [0.05, 0.1) is 5.41 Å². The van der Waals surface area contributed by atoms with Crippen LogP contribution >= 0.6 is 0 Å². The molecule has 0 atom stereocenters. The van der Waals surface area contributed by atoms with Crippen molar-refractivity contribution in [3.05, 3.63) is 0 Å². The topological polar surface area (TPSA) is 66.4 Å². The van der Waals surface area contributed by atoms with Crippen LogP contribution in [0.3, 0.4) is 0 Å². The van der Waals surface area contributed by atoms with Crippen LogP contribution in [0.4, 0.5) is 0 Å². The van der Waals surface area contributed by atoms with E-state index in [1.165, 1.54) is 12.8 Å². The summed E-state index contributed by atoms with van der Waals surface area (Å²) in [6.45, 7) is 0.731. The Labute approximate surface area is 108 Å². The molecule has 0 aromatic carbocycles. The zero-order chi connectivity index (χ0) is 13.0. The standard InChI is InChI=1S/C14H23NO3/c16-12(15-10-11-5-6-11)9-14(13(17)18)7-3-1-2-4-8-14/h11H,1-10H2,(H,15,16)(H,17,18). The van der Waals surface area contributed by atoms with Gasteiger partial charge < -0.3 is 10.4 Å². The minimum atomic E-state index is -0.801. The summed E-state index contributed by atoms with van der Waals surface area (Å²) in [4.78, 5) is 23.4. The van der Waals surface area contributed by atoms with E-state index in [9.17, 15) is 14.7 Å². The highest BCUT2D eigenvalue weighted by atomic mass is 16.4. The molecule has 18 heavy (non-hydrogen) atoms. The molecule has 2 fully saturated rings. The van der Waals surface area contributed by atoms with Crippen molar-refractivity contribution in [1.82, 2.24) is 5.32 Å². The predicted molar refractivity (Wildman–Crippen MR) is 68.1 cm³/mol. The molecule has 0 aromatic heterocycles. The molecule has 4 heteroatoms. The largest absolute Gasteiger partial charge is 0.481 e. The van der Waals surface area contributed by atoms with Crippen LogP contribution in [0.1, 0.15) is 57.8 Å². The summed E-state index contributed by atoms with van der Waals surface area (Å²) >= 11 is 0. The van der Waals surface area contributed by atoms with Crippen LogP contribution < -0.4 is 5.32 Å². The number of carboxylic acid groups (broad SMARTS) is 1. The molecule has 2 rings (SSSR count). The highest BCUT2D eigenvalue weighted by Crippen LogP contribution is 2.38. The Morgan fingerprint density at radius 1 is 1.11 bits per heavy atom. The van der Waals surface area contributed by atoms with Crippen LogP contribution in [0.15, 0.2) is 0 Å². The average molecular weight is 253 g/mol. The number of aliphatic carboxylic acids is 1. The Morgan fingerprint density at radius 2 is 1.72 bits per heavy atom. The fourth-order valence-corrected chi connectivity index (χ4v) is 2.82. The molecule has 0 unspecified atom stereocenters. The number of hydrogen-bond donors (Lipinski definition) is 2. The third-order valence-electron chi connectivity index (χ3n) is 4.30. The molecule has 0 bridgehead atoms. The molecule has 0 aromatic rings. The van der Waals surface area contributed by atoms with Crippen LogP contribution in [-0.4, -0.2) is 23.5 Å². The molecule has 102 valence electrons. The second-order valence-electron chi connectivity index (χ2n) is 5.92. The van der Waals surface area contributed by atoms with Crippen molar-refractivity contribution in [2.75, 3.05) is 6.54 Å². The van der Waals surface area contributed by atoms with Gasteiger partial charge in [-0.25, -0.2) is 0 Å². The number of carboxylic acids is 1. The van der Waals surface area contributed by atoms with Crippen molar-refractivity contribution in [2.24, 2.45) is 11.3 Å². The van der Waals surface area contributed by atoms with Crippen molar-refractivity contribution in [3.8, 4) is 0 Å². The molecular formula is C14H23NO3. The van der Waals surface area contributed by atoms with Crippen molar-refractivity contribution >= 4 is 11.9 Å². The highest BCUT2D eigenvalue weighted by Gasteiger charge is 2.40. The van der Waals surface area contributed by atoms with Crippen molar-refractivity contribution in [1.29, 1.82) is 0 Å². The van der Waals surface area contributed by atoms with Gasteiger partial charge in [0.15, 0.2) is 0 Å². The van der Waals surface area contributed by atoms with Gasteiger partial charge in [0.1, 0.15) is 0 Å². The molecule has 0 heterocycles. The number of hydrogen-bond acceptors (Lipinski definition) is 2. The molecule has 0 radical (unpaired) electrons. The normalized spacial score (nSPS) is 23.1. The quantitative estimate of drug-likeness (QED) is 0.739. The first-order valence-electron chi connectivity index (χ1n) is 7.12. The maximum atomic E-state index is 11.9. The van der Waals surface area contributed by atoms with Crippen LogP contribution in [0.25, 0.3) is 0 Å². The molecule has 0 saturated heterocycles. The van der Waals surface area contributed by atoms with Crippen LogP contribution in [0.2, 0.25) is 0 Å². The van der Waals surface area contributed by atoms with E-state index in [2.05, 4.69) is 5.32 Å². The summed E-state index contributed by atoms with van der Waals surface area (Å²) < 4.78 is 0. The van der Waals surface area contributed by atoms with E-state index >= 15 is 0 Å². The van der Waals surface area contributed by atoms with Crippen molar-refractivity contribution in [2.45, 2.75) is 57.8 Å². The zero-order valence-corrected chi connectivity index (χ0v) is 10.9. The van der Waals surface area contributed by atoms with Crippen LogP contribution in [0, 0.1) is 11.3 Å². The first-order chi connectivity index (χ1) is 8.62. The van der Waals surface area contributed by atoms with Crippen molar-refractivity contribution < 1.29 is 14.7 Å². The summed E-state index contributed by atoms with van der Waals surface area (Å²) in [5.41, 5.74) is -0.801. The first kappa shape index (κ1) is 13.4. The summed E-state index contributed by atoms with van der Waals surface area (Å²) in [5, 5.41) is 12.4. The lowest BCUT2D eigenvalue weighted by Gasteiger charge is -2.27. The maximum absolute atomic E-state index is 11.9. The van der Waals surface area contributed by atoms with Gasteiger partial charge >= 0.3 is 5.97 Å². The molecule has 4 nitrogen and oxygen atoms in total. The average Bonchev–Trinajstić information content (AvgIpc) is 3.14. The summed E-state index contributed by atoms with van der Waals surface area (Å²) in [6.07, 6.45) is 7.92. The van der Waals surface area contributed by atoms with E-state index in [0.717, 1.165) is 32.2 Å². The number of carbonyl (C=O) groups is 2. The lowest BCUT2D eigenvalue weighted by molar-refractivity contribution is -0.152. The number of carbonyl (C=O) groups excluding carboxylic acids is 1. The molecule has 2 aliphatic rings. The van der Waals surface area contributed by atoms with Crippen LogP contribution in [0.5, 0.6) is 0 Å². The molecule has 0 spiro atoms. The Kier molecular flexibility index (Phi) is 4.25. The molecule has 1 amide bonds. The minimum absolute atomic E-state index is 0.0776. The molecule has 2 N–H and O–H groups in total. The lowest BCUT2D eigenvalue weighted by atomic mass is 9.77. The number of nitrogens with one attached hydrogen (secondary N) is 1. The maximum Gasteiger partial charge on any atom is 0.310 e. The third-order valence-corrected chi connectivity index (χ3v) is 4.30. The van der Waals surface area contributed by atoms with Gasteiger partial charge in [-0.3, -0.25) is 9.59 Å². The van der Waals surface area contributed by atoms with E-state index in [1.54, 1.807) is 0 Å². The fourth-order valence-electron chi connectivity index (χ4n) is 2.82. The summed E-state index contributed by atoms with van der Waals surface area (Å²) in [5.74, 6) is -0.221. The number of rotatable bonds is 5. The van der Waals surface area contributed by atoms with Gasteiger partial charge in [0.2, 0.25) is 5.91 Å². The predicted octanol–water partition coefficient (Wildman–Crippen LogP) is 2.33.